The first-order valence-electron chi connectivity index (χ1n) is 17.4. The molecule has 1 aromatic carbocycles. The van der Waals surface area contributed by atoms with Crippen LogP contribution in [0.5, 0.6) is 0 Å². The molecule has 3 fully saturated rings. The standard InChI is InChI=1S/C37H46N6O4S/c1-21-15-22(2)17-24(16-21)32-27(11-14-42-12-9-23(10-13-42)20-38-33(45)29-19-31(44)40-36(47)39-29)28-18-30(48-34(28)41-32)37(3,4)35(46)43-25-5-6-26(43)8-7-25/h15-19,23,25-26,41H,5-14,20H2,1-4H3,(H,38,45)(H2,39,40,44,47). The number of nitrogens with zero attached hydrogens (tertiary/aromatic N) is 2. The van der Waals surface area contributed by atoms with Crippen LogP contribution in [-0.2, 0) is 16.6 Å². The lowest BCUT2D eigenvalue weighted by Crippen LogP contribution is -2.45. The Morgan fingerprint density at radius 2 is 1.56 bits per heavy atom. The van der Waals surface area contributed by atoms with Crippen LogP contribution in [0.4, 0.5) is 0 Å². The quantitative estimate of drug-likeness (QED) is 0.199. The predicted octanol–water partition coefficient (Wildman–Crippen LogP) is 5.01. The number of aromatic amines is 3. The van der Waals surface area contributed by atoms with Crippen LogP contribution in [0.2, 0.25) is 0 Å². The molecule has 10 nitrogen and oxygen atoms in total. The molecule has 3 aromatic heterocycles. The molecule has 3 aliphatic rings. The molecule has 0 aliphatic carbocycles. The second kappa shape index (κ2) is 12.8. The molecule has 2 amide bonds. The van der Waals surface area contributed by atoms with Gasteiger partial charge in [0.1, 0.15) is 10.5 Å². The zero-order valence-electron chi connectivity index (χ0n) is 28.3. The number of nitrogens with one attached hydrogen (secondary N) is 4. The highest BCUT2D eigenvalue weighted by Gasteiger charge is 2.47. The van der Waals surface area contributed by atoms with Crippen LogP contribution in [0.25, 0.3) is 21.5 Å². The molecule has 4 N–H and O–H groups in total. The number of fused-ring (bicyclic) bond motifs is 3. The number of thiophene rings is 1. The summed E-state index contributed by atoms with van der Waals surface area (Å²) >= 11 is 1.73. The number of carbonyl (C=O) groups is 2. The molecule has 7 rings (SSSR count). The molecule has 254 valence electrons. The average Bonchev–Trinajstić information content (AvgIpc) is 3.83. The van der Waals surface area contributed by atoms with Crippen molar-refractivity contribution >= 4 is 33.4 Å². The summed E-state index contributed by atoms with van der Waals surface area (Å²) in [6.45, 7) is 11.8. The van der Waals surface area contributed by atoms with Crippen molar-refractivity contribution in [1.82, 2.24) is 30.1 Å². The first kappa shape index (κ1) is 32.6. The third-order valence-electron chi connectivity index (χ3n) is 10.9. The summed E-state index contributed by atoms with van der Waals surface area (Å²) in [7, 11) is 0. The minimum atomic E-state index is -0.689. The summed E-state index contributed by atoms with van der Waals surface area (Å²) in [6.07, 6.45) is 7.37. The molecule has 0 unspecified atom stereocenters. The summed E-state index contributed by atoms with van der Waals surface area (Å²) in [5.41, 5.74) is 4.28. The van der Waals surface area contributed by atoms with Gasteiger partial charge in [0.05, 0.1) is 11.1 Å². The van der Waals surface area contributed by atoms with E-state index in [2.05, 4.69) is 82.0 Å². The Kier molecular flexibility index (Phi) is 8.70. The van der Waals surface area contributed by atoms with Crippen molar-refractivity contribution in [2.45, 2.75) is 90.1 Å². The van der Waals surface area contributed by atoms with Gasteiger partial charge in [0.2, 0.25) is 5.91 Å². The second-order valence-corrected chi connectivity index (χ2v) is 15.8. The van der Waals surface area contributed by atoms with Gasteiger partial charge in [-0.25, -0.2) is 4.79 Å². The number of aryl methyl sites for hydroxylation is 2. The number of rotatable bonds is 9. The van der Waals surface area contributed by atoms with Crippen LogP contribution in [0.1, 0.15) is 84.4 Å². The van der Waals surface area contributed by atoms with Gasteiger partial charge in [-0.15, -0.1) is 11.3 Å². The third kappa shape index (κ3) is 6.30. The zero-order chi connectivity index (χ0) is 33.7. The number of amides is 2. The molecule has 0 spiro atoms. The molecule has 0 radical (unpaired) electrons. The van der Waals surface area contributed by atoms with Crippen LogP contribution in [0.3, 0.4) is 0 Å². The van der Waals surface area contributed by atoms with Crippen molar-refractivity contribution in [3.8, 4) is 11.3 Å². The lowest BCUT2D eigenvalue weighted by atomic mass is 9.88. The molecule has 3 saturated heterocycles. The number of aromatic nitrogens is 3. The van der Waals surface area contributed by atoms with E-state index < -0.39 is 22.6 Å². The van der Waals surface area contributed by atoms with Gasteiger partial charge in [0.25, 0.3) is 11.5 Å². The summed E-state index contributed by atoms with van der Waals surface area (Å²) in [6, 6.07) is 10.9. The van der Waals surface area contributed by atoms with Crippen LogP contribution in [-0.4, -0.2) is 74.8 Å². The van der Waals surface area contributed by atoms with Gasteiger partial charge in [-0.1, -0.05) is 17.2 Å². The maximum atomic E-state index is 14.0. The van der Waals surface area contributed by atoms with Crippen LogP contribution in [0.15, 0.2) is 39.9 Å². The molecule has 4 aromatic rings. The van der Waals surface area contributed by atoms with Crippen molar-refractivity contribution in [3.05, 3.63) is 78.4 Å². The van der Waals surface area contributed by atoms with E-state index in [1.807, 2.05) is 0 Å². The molecular weight excluding hydrogens is 625 g/mol. The molecule has 0 atom stereocenters. The van der Waals surface area contributed by atoms with Crippen LogP contribution in [0, 0.1) is 19.8 Å². The van der Waals surface area contributed by atoms with Gasteiger partial charge < -0.3 is 25.1 Å². The molecule has 48 heavy (non-hydrogen) atoms. The summed E-state index contributed by atoms with van der Waals surface area (Å²) in [5.74, 6) is 0.162. The third-order valence-corrected chi connectivity index (χ3v) is 12.3. The van der Waals surface area contributed by atoms with E-state index in [0.717, 1.165) is 80.4 Å². The van der Waals surface area contributed by atoms with Crippen LogP contribution >= 0.6 is 11.3 Å². The fourth-order valence-corrected chi connectivity index (χ4v) is 9.43. The van der Waals surface area contributed by atoms with E-state index in [1.165, 1.54) is 33.3 Å². The van der Waals surface area contributed by atoms with Crippen molar-refractivity contribution in [2.75, 3.05) is 26.2 Å². The number of carbonyl (C=O) groups excluding carboxylic acids is 2. The van der Waals surface area contributed by atoms with E-state index in [-0.39, 0.29) is 11.6 Å². The number of likely N-dealkylation sites (tertiary alicyclic amines) is 1. The highest BCUT2D eigenvalue weighted by molar-refractivity contribution is 7.19. The fourth-order valence-electron chi connectivity index (χ4n) is 8.24. The van der Waals surface area contributed by atoms with Gasteiger partial charge in [-0.05, 0) is 121 Å². The summed E-state index contributed by atoms with van der Waals surface area (Å²) in [4.78, 5) is 64.9. The maximum absolute atomic E-state index is 14.0. The minimum absolute atomic E-state index is 0.0221. The molecule has 3 aliphatic heterocycles. The Morgan fingerprint density at radius 1 is 0.896 bits per heavy atom. The van der Waals surface area contributed by atoms with Crippen molar-refractivity contribution in [2.24, 2.45) is 5.92 Å². The zero-order valence-corrected chi connectivity index (χ0v) is 29.1. The van der Waals surface area contributed by atoms with Gasteiger partial charge in [0, 0.05) is 41.5 Å². The number of benzene rings is 1. The van der Waals surface area contributed by atoms with Gasteiger partial charge in [0.15, 0.2) is 0 Å². The summed E-state index contributed by atoms with van der Waals surface area (Å²) < 4.78 is 0. The Balaban J connectivity index is 1.06. The largest absolute Gasteiger partial charge is 0.350 e. The average molecular weight is 671 g/mol. The van der Waals surface area contributed by atoms with Gasteiger partial charge in [-0.3, -0.25) is 19.4 Å². The van der Waals surface area contributed by atoms with Gasteiger partial charge in [-0.2, -0.15) is 0 Å². The maximum Gasteiger partial charge on any atom is 0.326 e. The SMILES string of the molecule is Cc1cc(C)cc(-c2[nH]c3sc(C(C)(C)C(=O)N4C5CCC4CC5)cc3c2CCN2CCC(CNC(=O)c3cc(=O)[nH]c(=O)[nH]3)CC2)c1. The smallest absolute Gasteiger partial charge is 0.326 e. The second-order valence-electron chi connectivity index (χ2n) is 14.8. The molecule has 6 heterocycles. The first-order valence-corrected chi connectivity index (χ1v) is 18.2. The lowest BCUT2D eigenvalue weighted by molar-refractivity contribution is -0.137. The highest BCUT2D eigenvalue weighted by Crippen LogP contribution is 2.44. The van der Waals surface area contributed by atoms with Crippen molar-refractivity contribution in [1.29, 1.82) is 0 Å². The van der Waals surface area contributed by atoms with Crippen molar-refractivity contribution < 1.29 is 9.59 Å². The number of hydrogen-bond donors (Lipinski definition) is 4. The number of H-pyrrole nitrogens is 3. The molecule has 0 saturated carbocycles. The Bertz CT molecular complexity index is 1910. The number of hydrogen-bond acceptors (Lipinski definition) is 6. The first-order chi connectivity index (χ1) is 23.0. The molecule has 11 heteroatoms. The number of piperidine rings is 1. The minimum Gasteiger partial charge on any atom is -0.350 e. The lowest BCUT2D eigenvalue weighted by Gasteiger charge is -2.32. The fraction of sp³-hybridized carbons (Fsp3) is 0.514. The van der Waals surface area contributed by atoms with E-state index >= 15 is 0 Å². The Labute approximate surface area is 284 Å². The normalized spacial score (nSPS) is 20.2. The van der Waals surface area contributed by atoms with Crippen molar-refractivity contribution in [3.63, 3.8) is 0 Å². The monoisotopic (exact) mass is 670 g/mol. The topological polar surface area (TPSA) is 134 Å². The molecule has 2 bridgehead atoms. The van der Waals surface area contributed by atoms with Crippen LogP contribution < -0.4 is 16.6 Å². The predicted molar refractivity (Wildman–Crippen MR) is 190 cm³/mol. The van der Waals surface area contributed by atoms with Gasteiger partial charge >= 0.3 is 5.69 Å². The van der Waals surface area contributed by atoms with E-state index in [4.69, 9.17) is 0 Å². The highest BCUT2D eigenvalue weighted by atomic mass is 32.1. The molecular formula is C37H46N6O4S. The van der Waals surface area contributed by atoms with E-state index in [0.29, 0.717) is 24.5 Å². The Hall–Kier alpha value is -3.96. The van der Waals surface area contributed by atoms with E-state index in [9.17, 15) is 19.2 Å². The summed E-state index contributed by atoms with van der Waals surface area (Å²) in [5, 5.41) is 4.11. The van der Waals surface area contributed by atoms with E-state index in [1.54, 1.807) is 11.3 Å². The Morgan fingerprint density at radius 3 is 2.21 bits per heavy atom.